The number of piperidine rings is 1. The molecule has 0 aromatic carbocycles. The van der Waals surface area contributed by atoms with E-state index in [0.29, 0.717) is 19.0 Å². The molecule has 2 N–H and O–H groups in total. The Labute approximate surface area is 96.6 Å². The van der Waals surface area contributed by atoms with Crippen LogP contribution in [0, 0.1) is 5.92 Å². The van der Waals surface area contributed by atoms with Crippen LogP contribution in [0.3, 0.4) is 0 Å². The van der Waals surface area contributed by atoms with Gasteiger partial charge in [-0.1, -0.05) is 11.6 Å². The predicted molar refractivity (Wildman–Crippen MR) is 62.4 cm³/mol. The molecule has 1 aliphatic rings. The first kappa shape index (κ1) is 13.0. The molecule has 0 saturated carbocycles. The first-order valence-corrected chi connectivity index (χ1v) is 5.88. The highest BCUT2D eigenvalue weighted by Gasteiger charge is 2.21. The summed E-state index contributed by atoms with van der Waals surface area (Å²) in [5.41, 5.74) is 1.23. The summed E-state index contributed by atoms with van der Waals surface area (Å²) in [5.74, 6) is 0.601. The van der Waals surface area contributed by atoms with Crippen molar-refractivity contribution in [1.82, 2.24) is 4.90 Å². The maximum absolute atomic E-state index is 10.7. The third kappa shape index (κ3) is 4.23. The van der Waals surface area contributed by atoms with Gasteiger partial charge in [0.15, 0.2) is 0 Å². The Hall–Kier alpha value is -1.03. The standard InChI is InChI=1S/C12H21NO3/c1-10(6-9-14)2-3-11-4-7-13(8-5-11)12(15)16/h2,11,14H,3-9H2,1H3,(H,15,16). The number of aliphatic hydroxyl groups is 1. The van der Waals surface area contributed by atoms with E-state index in [-0.39, 0.29) is 6.61 Å². The fourth-order valence-corrected chi connectivity index (χ4v) is 2.01. The first-order chi connectivity index (χ1) is 7.63. The summed E-state index contributed by atoms with van der Waals surface area (Å²) in [5, 5.41) is 17.6. The Morgan fingerprint density at radius 2 is 2.06 bits per heavy atom. The molecule has 1 fully saturated rings. The van der Waals surface area contributed by atoms with Crippen LogP contribution >= 0.6 is 0 Å². The van der Waals surface area contributed by atoms with Crippen LogP contribution in [0.25, 0.3) is 0 Å². The lowest BCUT2D eigenvalue weighted by atomic mass is 9.92. The monoisotopic (exact) mass is 227 g/mol. The lowest BCUT2D eigenvalue weighted by molar-refractivity contribution is 0.125. The van der Waals surface area contributed by atoms with Crippen LogP contribution in [0.5, 0.6) is 0 Å². The summed E-state index contributed by atoms with van der Waals surface area (Å²) in [6, 6.07) is 0. The van der Waals surface area contributed by atoms with E-state index < -0.39 is 6.09 Å². The van der Waals surface area contributed by atoms with Crippen molar-refractivity contribution in [3.05, 3.63) is 11.6 Å². The van der Waals surface area contributed by atoms with E-state index in [1.165, 1.54) is 10.5 Å². The van der Waals surface area contributed by atoms with Gasteiger partial charge in [-0.05, 0) is 38.5 Å². The highest BCUT2D eigenvalue weighted by molar-refractivity contribution is 5.64. The quantitative estimate of drug-likeness (QED) is 0.723. The fraction of sp³-hybridized carbons (Fsp3) is 0.750. The molecule has 0 radical (unpaired) electrons. The average Bonchev–Trinajstić information content (AvgIpc) is 2.27. The Kier molecular flexibility index (Phi) is 5.32. The number of hydrogen-bond donors (Lipinski definition) is 2. The Bertz CT molecular complexity index is 255. The number of carbonyl (C=O) groups is 1. The zero-order valence-corrected chi connectivity index (χ0v) is 9.85. The molecule has 1 saturated heterocycles. The number of allylic oxidation sites excluding steroid dienone is 1. The number of likely N-dealkylation sites (tertiary alicyclic amines) is 1. The molecular formula is C12H21NO3. The largest absolute Gasteiger partial charge is 0.465 e. The smallest absolute Gasteiger partial charge is 0.407 e. The zero-order chi connectivity index (χ0) is 12.0. The van der Waals surface area contributed by atoms with Crippen LogP contribution in [0.2, 0.25) is 0 Å². The molecule has 0 aliphatic carbocycles. The van der Waals surface area contributed by atoms with Crippen molar-refractivity contribution in [2.24, 2.45) is 5.92 Å². The number of nitrogens with zero attached hydrogens (tertiary/aromatic N) is 1. The molecular weight excluding hydrogens is 206 g/mol. The molecule has 4 nitrogen and oxygen atoms in total. The summed E-state index contributed by atoms with van der Waals surface area (Å²) in [4.78, 5) is 12.2. The van der Waals surface area contributed by atoms with Crippen LogP contribution in [-0.4, -0.2) is 40.9 Å². The van der Waals surface area contributed by atoms with Crippen LogP contribution < -0.4 is 0 Å². The second-order valence-electron chi connectivity index (χ2n) is 4.47. The molecule has 1 aliphatic heterocycles. The lowest BCUT2D eigenvalue weighted by Gasteiger charge is -2.29. The highest BCUT2D eigenvalue weighted by Crippen LogP contribution is 2.21. The van der Waals surface area contributed by atoms with Gasteiger partial charge in [-0.15, -0.1) is 0 Å². The van der Waals surface area contributed by atoms with Crippen LogP contribution in [-0.2, 0) is 0 Å². The number of aliphatic hydroxyl groups excluding tert-OH is 1. The van der Waals surface area contributed by atoms with Crippen molar-refractivity contribution in [1.29, 1.82) is 0 Å². The molecule has 0 atom stereocenters. The summed E-state index contributed by atoms with van der Waals surface area (Å²) in [6.07, 6.45) is 5.04. The molecule has 0 spiro atoms. The zero-order valence-electron chi connectivity index (χ0n) is 9.85. The van der Waals surface area contributed by atoms with Crippen molar-refractivity contribution >= 4 is 6.09 Å². The van der Waals surface area contributed by atoms with E-state index in [1.807, 2.05) is 6.92 Å². The maximum Gasteiger partial charge on any atom is 0.407 e. The van der Waals surface area contributed by atoms with Crippen molar-refractivity contribution < 1.29 is 15.0 Å². The molecule has 16 heavy (non-hydrogen) atoms. The van der Waals surface area contributed by atoms with Gasteiger partial charge in [0.25, 0.3) is 0 Å². The molecule has 4 heteroatoms. The van der Waals surface area contributed by atoms with Gasteiger partial charge in [0.1, 0.15) is 0 Å². The Balaban J connectivity index is 2.27. The van der Waals surface area contributed by atoms with Gasteiger partial charge in [0.05, 0.1) is 0 Å². The predicted octanol–water partition coefficient (Wildman–Crippen LogP) is 2.10. The second kappa shape index (κ2) is 6.53. The number of rotatable bonds is 4. The average molecular weight is 227 g/mol. The molecule has 92 valence electrons. The molecule has 1 amide bonds. The van der Waals surface area contributed by atoms with Crippen LogP contribution in [0.15, 0.2) is 11.6 Å². The van der Waals surface area contributed by atoms with Crippen molar-refractivity contribution in [3.63, 3.8) is 0 Å². The number of hydrogen-bond acceptors (Lipinski definition) is 2. The molecule has 0 unspecified atom stereocenters. The molecule has 0 aromatic heterocycles. The van der Waals surface area contributed by atoms with E-state index in [1.54, 1.807) is 0 Å². The van der Waals surface area contributed by atoms with Gasteiger partial charge in [-0.2, -0.15) is 0 Å². The first-order valence-electron chi connectivity index (χ1n) is 5.88. The molecule has 0 aromatic rings. The molecule has 0 bridgehead atoms. The SMILES string of the molecule is CC(=CCC1CCN(C(=O)O)CC1)CCO. The van der Waals surface area contributed by atoms with Gasteiger partial charge in [0.2, 0.25) is 0 Å². The van der Waals surface area contributed by atoms with Gasteiger partial charge >= 0.3 is 6.09 Å². The minimum Gasteiger partial charge on any atom is -0.465 e. The normalized spacial score (nSPS) is 18.9. The minimum absolute atomic E-state index is 0.208. The molecule has 1 rings (SSSR count). The van der Waals surface area contributed by atoms with Gasteiger partial charge in [0, 0.05) is 19.7 Å². The lowest BCUT2D eigenvalue weighted by Crippen LogP contribution is -2.37. The Morgan fingerprint density at radius 1 is 1.44 bits per heavy atom. The number of carboxylic acid groups (broad SMARTS) is 1. The van der Waals surface area contributed by atoms with Gasteiger partial charge in [-0.25, -0.2) is 4.79 Å². The topological polar surface area (TPSA) is 60.8 Å². The van der Waals surface area contributed by atoms with E-state index in [4.69, 9.17) is 10.2 Å². The second-order valence-corrected chi connectivity index (χ2v) is 4.47. The van der Waals surface area contributed by atoms with Gasteiger partial charge in [-0.3, -0.25) is 0 Å². The van der Waals surface area contributed by atoms with E-state index in [0.717, 1.165) is 25.7 Å². The van der Waals surface area contributed by atoms with Crippen LogP contribution in [0.1, 0.15) is 32.6 Å². The minimum atomic E-state index is -0.801. The summed E-state index contributed by atoms with van der Waals surface area (Å²) in [7, 11) is 0. The van der Waals surface area contributed by atoms with Crippen molar-refractivity contribution in [2.45, 2.75) is 32.6 Å². The van der Waals surface area contributed by atoms with Crippen molar-refractivity contribution in [2.75, 3.05) is 19.7 Å². The van der Waals surface area contributed by atoms with Crippen molar-refractivity contribution in [3.8, 4) is 0 Å². The van der Waals surface area contributed by atoms with E-state index in [9.17, 15) is 4.79 Å². The Morgan fingerprint density at radius 3 is 2.56 bits per heavy atom. The summed E-state index contributed by atoms with van der Waals surface area (Å²) in [6.45, 7) is 3.56. The summed E-state index contributed by atoms with van der Waals surface area (Å²) < 4.78 is 0. The van der Waals surface area contributed by atoms with Crippen LogP contribution in [0.4, 0.5) is 4.79 Å². The van der Waals surface area contributed by atoms with E-state index >= 15 is 0 Å². The van der Waals surface area contributed by atoms with Gasteiger partial charge < -0.3 is 15.1 Å². The highest BCUT2D eigenvalue weighted by atomic mass is 16.4. The third-order valence-electron chi connectivity index (χ3n) is 3.19. The number of amides is 1. The molecule has 1 heterocycles. The van der Waals surface area contributed by atoms with E-state index in [2.05, 4.69) is 6.08 Å². The fourth-order valence-electron chi connectivity index (χ4n) is 2.01. The third-order valence-corrected chi connectivity index (χ3v) is 3.19. The maximum atomic E-state index is 10.7. The summed E-state index contributed by atoms with van der Waals surface area (Å²) >= 11 is 0.